The Balaban J connectivity index is 2.37. The van der Waals surface area contributed by atoms with Crippen LogP contribution in [-0.2, 0) is 0 Å². The zero-order valence-corrected chi connectivity index (χ0v) is 7.48. The van der Waals surface area contributed by atoms with Gasteiger partial charge in [-0.2, -0.15) is 0 Å². The van der Waals surface area contributed by atoms with E-state index in [1.807, 2.05) is 0 Å². The van der Waals surface area contributed by atoms with Crippen LogP contribution in [0.5, 0.6) is 0 Å². The Bertz CT molecular complexity index is 124. The molecule has 1 saturated carbocycles. The third-order valence-corrected chi connectivity index (χ3v) is 2.71. The average Bonchev–Trinajstić information content (AvgIpc) is 2.16. The third kappa shape index (κ3) is 2.42. The van der Waals surface area contributed by atoms with Crippen LogP contribution in [0.3, 0.4) is 0 Å². The highest BCUT2D eigenvalue weighted by Crippen LogP contribution is 2.27. The van der Waals surface area contributed by atoms with Gasteiger partial charge >= 0.3 is 0 Å². The van der Waals surface area contributed by atoms with Gasteiger partial charge < -0.3 is 10.4 Å². The van der Waals surface area contributed by atoms with Crippen molar-refractivity contribution < 1.29 is 9.50 Å². The van der Waals surface area contributed by atoms with Gasteiger partial charge in [0.2, 0.25) is 0 Å². The van der Waals surface area contributed by atoms with Gasteiger partial charge in [-0.3, -0.25) is 0 Å². The molecule has 0 aromatic carbocycles. The smallest absolute Gasteiger partial charge is 0.102 e. The normalized spacial score (nSPS) is 22.5. The summed E-state index contributed by atoms with van der Waals surface area (Å²) in [4.78, 5) is 0. The fourth-order valence-corrected chi connectivity index (χ4v) is 1.93. The molecule has 0 spiro atoms. The summed E-state index contributed by atoms with van der Waals surface area (Å²) in [5.41, 5.74) is -0.162. The van der Waals surface area contributed by atoms with Crippen LogP contribution in [-0.4, -0.2) is 30.5 Å². The molecule has 0 unspecified atom stereocenters. The second-order valence-electron chi connectivity index (χ2n) is 3.61. The van der Waals surface area contributed by atoms with E-state index in [9.17, 15) is 9.50 Å². The summed E-state index contributed by atoms with van der Waals surface area (Å²) < 4.78 is 11.9. The molecular weight excluding hydrogens is 157 g/mol. The monoisotopic (exact) mass is 175 g/mol. The van der Waals surface area contributed by atoms with Gasteiger partial charge in [-0.05, 0) is 12.8 Å². The highest BCUT2D eigenvalue weighted by molar-refractivity contribution is 4.89. The first kappa shape index (κ1) is 9.93. The summed E-state index contributed by atoms with van der Waals surface area (Å²) in [6, 6.07) is 0. The Morgan fingerprint density at radius 2 is 1.92 bits per heavy atom. The average molecular weight is 175 g/mol. The summed E-state index contributed by atoms with van der Waals surface area (Å²) in [7, 11) is 0. The second kappa shape index (κ2) is 4.77. The van der Waals surface area contributed by atoms with Crippen molar-refractivity contribution in [2.45, 2.75) is 37.6 Å². The molecule has 1 fully saturated rings. The molecule has 0 atom stereocenters. The number of alkyl halides is 1. The Morgan fingerprint density at radius 1 is 1.25 bits per heavy atom. The lowest BCUT2D eigenvalue weighted by Gasteiger charge is -2.36. The van der Waals surface area contributed by atoms with Gasteiger partial charge in [0, 0.05) is 12.1 Å². The van der Waals surface area contributed by atoms with Crippen molar-refractivity contribution in [2.75, 3.05) is 19.8 Å². The maximum absolute atomic E-state index is 11.9. The van der Waals surface area contributed by atoms with E-state index in [-0.39, 0.29) is 18.8 Å². The Morgan fingerprint density at radius 3 is 2.42 bits per heavy atom. The third-order valence-electron chi connectivity index (χ3n) is 2.71. The maximum atomic E-state index is 11.9. The zero-order chi connectivity index (χ0) is 8.86. The molecule has 0 bridgehead atoms. The lowest BCUT2D eigenvalue weighted by atomic mass is 9.82. The van der Waals surface area contributed by atoms with E-state index in [0.29, 0.717) is 6.54 Å². The lowest BCUT2D eigenvalue weighted by molar-refractivity contribution is 0.119. The molecule has 2 N–H and O–H groups in total. The van der Waals surface area contributed by atoms with Crippen LogP contribution in [0.15, 0.2) is 0 Å². The minimum Gasteiger partial charge on any atom is -0.394 e. The Kier molecular flexibility index (Phi) is 3.95. The van der Waals surface area contributed by atoms with Crippen LogP contribution in [0.2, 0.25) is 0 Å². The predicted octanol–water partition coefficient (Wildman–Crippen LogP) is 1.24. The summed E-state index contributed by atoms with van der Waals surface area (Å²) in [5.74, 6) is 0. The highest BCUT2D eigenvalue weighted by Gasteiger charge is 2.30. The van der Waals surface area contributed by atoms with E-state index in [0.717, 1.165) is 25.7 Å². The molecular formula is C9H18FNO. The number of aliphatic hydroxyl groups excluding tert-OH is 1. The largest absolute Gasteiger partial charge is 0.394 e. The van der Waals surface area contributed by atoms with Crippen LogP contribution < -0.4 is 5.32 Å². The van der Waals surface area contributed by atoms with E-state index >= 15 is 0 Å². The van der Waals surface area contributed by atoms with Gasteiger partial charge in [0.05, 0.1) is 6.61 Å². The van der Waals surface area contributed by atoms with Crippen LogP contribution in [0.25, 0.3) is 0 Å². The van der Waals surface area contributed by atoms with Crippen LogP contribution in [0, 0.1) is 0 Å². The van der Waals surface area contributed by atoms with Crippen molar-refractivity contribution in [1.29, 1.82) is 0 Å². The van der Waals surface area contributed by atoms with Crippen molar-refractivity contribution in [1.82, 2.24) is 5.32 Å². The van der Waals surface area contributed by atoms with Gasteiger partial charge in [-0.25, -0.2) is 4.39 Å². The predicted molar refractivity (Wildman–Crippen MR) is 46.9 cm³/mol. The summed E-state index contributed by atoms with van der Waals surface area (Å²) in [5, 5.41) is 12.3. The van der Waals surface area contributed by atoms with Gasteiger partial charge in [0.25, 0.3) is 0 Å². The molecule has 0 amide bonds. The fourth-order valence-electron chi connectivity index (χ4n) is 1.93. The van der Waals surface area contributed by atoms with Gasteiger partial charge in [-0.1, -0.05) is 19.3 Å². The maximum Gasteiger partial charge on any atom is 0.102 e. The minimum absolute atomic E-state index is 0.146. The van der Waals surface area contributed by atoms with Crippen molar-refractivity contribution in [2.24, 2.45) is 0 Å². The fraction of sp³-hybridized carbons (Fsp3) is 1.00. The molecule has 2 nitrogen and oxygen atoms in total. The standard InChI is InChI=1S/C9H18FNO/c10-6-7-11-9(8-12)4-2-1-3-5-9/h11-12H,1-8H2. The zero-order valence-electron chi connectivity index (χ0n) is 7.48. The van der Waals surface area contributed by atoms with Crippen molar-refractivity contribution in [3.8, 4) is 0 Å². The van der Waals surface area contributed by atoms with Gasteiger partial charge in [-0.15, -0.1) is 0 Å². The molecule has 72 valence electrons. The van der Waals surface area contributed by atoms with Crippen molar-refractivity contribution in [3.63, 3.8) is 0 Å². The number of hydrogen-bond acceptors (Lipinski definition) is 2. The quantitative estimate of drug-likeness (QED) is 0.673. The van der Waals surface area contributed by atoms with Crippen LogP contribution in [0.4, 0.5) is 4.39 Å². The summed E-state index contributed by atoms with van der Waals surface area (Å²) >= 11 is 0. The lowest BCUT2D eigenvalue weighted by Crippen LogP contribution is -2.50. The number of rotatable bonds is 4. The first-order valence-electron chi connectivity index (χ1n) is 4.75. The molecule has 3 heteroatoms. The van der Waals surface area contributed by atoms with Crippen LogP contribution >= 0.6 is 0 Å². The first-order chi connectivity index (χ1) is 5.83. The molecule has 0 aliphatic heterocycles. The SMILES string of the molecule is OCC1(NCCF)CCCCC1. The molecule has 1 aliphatic rings. The molecule has 0 saturated heterocycles. The van der Waals surface area contributed by atoms with Gasteiger partial charge in [0.1, 0.15) is 6.67 Å². The molecule has 0 aromatic heterocycles. The highest BCUT2D eigenvalue weighted by atomic mass is 19.1. The van der Waals surface area contributed by atoms with E-state index in [2.05, 4.69) is 5.32 Å². The minimum atomic E-state index is -0.345. The summed E-state index contributed by atoms with van der Waals surface area (Å²) in [6.45, 7) is 0.176. The number of halogens is 1. The van der Waals surface area contributed by atoms with Gasteiger partial charge in [0.15, 0.2) is 0 Å². The molecule has 0 radical (unpaired) electrons. The van der Waals surface area contributed by atoms with Crippen molar-refractivity contribution >= 4 is 0 Å². The molecule has 12 heavy (non-hydrogen) atoms. The van der Waals surface area contributed by atoms with Crippen LogP contribution in [0.1, 0.15) is 32.1 Å². The van der Waals surface area contributed by atoms with Crippen molar-refractivity contribution in [3.05, 3.63) is 0 Å². The van der Waals surface area contributed by atoms with E-state index in [1.54, 1.807) is 0 Å². The summed E-state index contributed by atoms with van der Waals surface area (Å²) in [6.07, 6.45) is 5.53. The molecule has 1 aliphatic carbocycles. The Hall–Kier alpha value is -0.150. The second-order valence-corrected chi connectivity index (χ2v) is 3.61. The topological polar surface area (TPSA) is 32.3 Å². The van der Waals surface area contributed by atoms with E-state index in [1.165, 1.54) is 6.42 Å². The van der Waals surface area contributed by atoms with E-state index in [4.69, 9.17) is 0 Å². The van der Waals surface area contributed by atoms with E-state index < -0.39 is 0 Å². The number of hydrogen-bond donors (Lipinski definition) is 2. The molecule has 1 rings (SSSR count). The number of nitrogens with one attached hydrogen (secondary N) is 1. The first-order valence-corrected chi connectivity index (χ1v) is 4.75. The molecule has 0 heterocycles. The number of aliphatic hydroxyl groups is 1. The Labute approximate surface area is 73.2 Å². The molecule has 0 aromatic rings.